The van der Waals surface area contributed by atoms with E-state index in [9.17, 15) is 4.79 Å². The van der Waals surface area contributed by atoms with Crippen LogP contribution in [0.25, 0.3) is 0 Å². The highest BCUT2D eigenvalue weighted by Gasteiger charge is 2.28. The van der Waals surface area contributed by atoms with Crippen LogP contribution in [0.3, 0.4) is 0 Å². The van der Waals surface area contributed by atoms with Gasteiger partial charge in [-0.1, -0.05) is 13.8 Å². The van der Waals surface area contributed by atoms with E-state index in [4.69, 9.17) is 0 Å². The first kappa shape index (κ1) is 12.9. The summed E-state index contributed by atoms with van der Waals surface area (Å²) in [5.41, 5.74) is 1.08. The second kappa shape index (κ2) is 4.96. The molecule has 0 unspecified atom stereocenters. The van der Waals surface area contributed by atoms with Gasteiger partial charge in [0.05, 0.1) is 0 Å². The monoisotopic (exact) mass is 247 g/mol. The molecule has 1 N–H and O–H groups in total. The van der Waals surface area contributed by atoms with Crippen molar-refractivity contribution in [2.45, 2.75) is 26.7 Å². The number of likely N-dealkylation sites (tertiary alicyclic amines) is 1. The van der Waals surface area contributed by atoms with Gasteiger partial charge in [-0.05, 0) is 30.4 Å². The van der Waals surface area contributed by atoms with Gasteiger partial charge in [0.1, 0.15) is 5.82 Å². The van der Waals surface area contributed by atoms with E-state index in [2.05, 4.69) is 24.1 Å². The second-order valence-electron chi connectivity index (χ2n) is 5.64. The summed E-state index contributed by atoms with van der Waals surface area (Å²) in [6.45, 7) is 6.23. The first-order valence-electron chi connectivity index (χ1n) is 6.45. The predicted octanol–water partition coefficient (Wildman–Crippen LogP) is 2.39. The molecule has 1 amide bonds. The molecule has 1 aromatic heterocycles. The Morgan fingerprint density at radius 2 is 2.06 bits per heavy atom. The summed E-state index contributed by atoms with van der Waals surface area (Å²) in [6, 6.07) is 3.59. The summed E-state index contributed by atoms with van der Waals surface area (Å²) in [4.78, 5) is 18.4. The largest absolute Gasteiger partial charge is 0.373 e. The standard InChI is InChI=1S/C14H21N3O/c1-14(2)5-8-17(9-6-14)13(18)11-4-7-16-12(10-11)15-3/h4,7,10H,5-6,8-9H2,1-3H3,(H,15,16). The van der Waals surface area contributed by atoms with Gasteiger partial charge in [-0.3, -0.25) is 4.79 Å². The molecule has 1 aliphatic heterocycles. The Morgan fingerprint density at radius 3 is 2.67 bits per heavy atom. The zero-order chi connectivity index (χ0) is 13.2. The number of piperidine rings is 1. The Hall–Kier alpha value is -1.58. The number of carbonyl (C=O) groups is 1. The van der Waals surface area contributed by atoms with Gasteiger partial charge >= 0.3 is 0 Å². The summed E-state index contributed by atoms with van der Waals surface area (Å²) >= 11 is 0. The molecule has 1 fully saturated rings. The highest BCUT2D eigenvalue weighted by atomic mass is 16.2. The number of carbonyl (C=O) groups excluding carboxylic acids is 1. The van der Waals surface area contributed by atoms with Crippen LogP contribution < -0.4 is 5.32 Å². The Kier molecular flexibility index (Phi) is 3.55. The Labute approximate surface area is 108 Å². The molecule has 0 saturated carbocycles. The van der Waals surface area contributed by atoms with E-state index in [1.165, 1.54) is 0 Å². The smallest absolute Gasteiger partial charge is 0.254 e. The summed E-state index contributed by atoms with van der Waals surface area (Å²) in [6.07, 6.45) is 3.82. The minimum absolute atomic E-state index is 0.115. The number of anilines is 1. The molecule has 98 valence electrons. The molecule has 18 heavy (non-hydrogen) atoms. The zero-order valence-corrected chi connectivity index (χ0v) is 11.4. The number of rotatable bonds is 2. The van der Waals surface area contributed by atoms with Crippen molar-refractivity contribution in [1.82, 2.24) is 9.88 Å². The molecule has 1 saturated heterocycles. The first-order chi connectivity index (χ1) is 8.52. The van der Waals surface area contributed by atoms with Crippen LogP contribution in [0.1, 0.15) is 37.0 Å². The van der Waals surface area contributed by atoms with Crippen LogP contribution in [-0.4, -0.2) is 35.9 Å². The molecule has 0 radical (unpaired) electrons. The van der Waals surface area contributed by atoms with Crippen LogP contribution in [0.4, 0.5) is 5.82 Å². The molecular weight excluding hydrogens is 226 g/mol. The third-order valence-electron chi connectivity index (χ3n) is 3.67. The first-order valence-corrected chi connectivity index (χ1v) is 6.45. The van der Waals surface area contributed by atoms with Crippen molar-refractivity contribution in [3.8, 4) is 0 Å². The number of hydrogen-bond donors (Lipinski definition) is 1. The molecule has 1 aromatic rings. The van der Waals surface area contributed by atoms with Crippen molar-refractivity contribution in [1.29, 1.82) is 0 Å². The van der Waals surface area contributed by atoms with Crippen molar-refractivity contribution in [2.24, 2.45) is 5.41 Å². The van der Waals surface area contributed by atoms with Crippen molar-refractivity contribution >= 4 is 11.7 Å². The maximum Gasteiger partial charge on any atom is 0.254 e. The van der Waals surface area contributed by atoms with Gasteiger partial charge in [0.25, 0.3) is 5.91 Å². The van der Waals surface area contributed by atoms with Crippen LogP contribution in [0.5, 0.6) is 0 Å². The molecule has 4 nitrogen and oxygen atoms in total. The summed E-state index contributed by atoms with van der Waals surface area (Å²) in [5.74, 6) is 0.850. The Bertz CT molecular complexity index is 432. The minimum atomic E-state index is 0.115. The molecule has 1 aliphatic rings. The van der Waals surface area contributed by atoms with Crippen LogP contribution >= 0.6 is 0 Å². The molecular formula is C14H21N3O. The lowest BCUT2D eigenvalue weighted by atomic mass is 9.82. The zero-order valence-electron chi connectivity index (χ0n) is 11.4. The second-order valence-corrected chi connectivity index (χ2v) is 5.64. The average molecular weight is 247 g/mol. The van der Waals surface area contributed by atoms with Gasteiger partial charge in [0.2, 0.25) is 0 Å². The Balaban J connectivity index is 2.07. The Morgan fingerprint density at radius 1 is 1.39 bits per heavy atom. The van der Waals surface area contributed by atoms with E-state index in [-0.39, 0.29) is 5.91 Å². The quantitative estimate of drug-likeness (QED) is 0.872. The van der Waals surface area contributed by atoms with Crippen LogP contribution in [0, 0.1) is 5.41 Å². The molecule has 2 heterocycles. The van der Waals surface area contributed by atoms with E-state index < -0.39 is 0 Å². The molecule has 0 bridgehead atoms. The predicted molar refractivity (Wildman–Crippen MR) is 72.7 cm³/mol. The fourth-order valence-electron chi connectivity index (χ4n) is 2.20. The van der Waals surface area contributed by atoms with Crippen molar-refractivity contribution in [3.05, 3.63) is 23.9 Å². The third-order valence-corrected chi connectivity index (χ3v) is 3.67. The van der Waals surface area contributed by atoms with E-state index in [1.807, 2.05) is 11.0 Å². The fourth-order valence-corrected chi connectivity index (χ4v) is 2.20. The van der Waals surface area contributed by atoms with Crippen LogP contribution in [0.2, 0.25) is 0 Å². The minimum Gasteiger partial charge on any atom is -0.373 e. The molecule has 0 atom stereocenters. The van der Waals surface area contributed by atoms with Gasteiger partial charge < -0.3 is 10.2 Å². The molecule has 0 aliphatic carbocycles. The number of pyridine rings is 1. The number of nitrogens with zero attached hydrogens (tertiary/aromatic N) is 2. The number of nitrogens with one attached hydrogen (secondary N) is 1. The van der Waals surface area contributed by atoms with E-state index in [1.54, 1.807) is 19.3 Å². The lowest BCUT2D eigenvalue weighted by molar-refractivity contribution is 0.0630. The molecule has 4 heteroatoms. The normalized spacial score (nSPS) is 18.5. The number of hydrogen-bond acceptors (Lipinski definition) is 3. The lowest BCUT2D eigenvalue weighted by Crippen LogP contribution is -2.41. The van der Waals surface area contributed by atoms with Gasteiger partial charge in [-0.25, -0.2) is 4.98 Å². The maximum atomic E-state index is 12.3. The highest BCUT2D eigenvalue weighted by molar-refractivity contribution is 5.94. The maximum absolute atomic E-state index is 12.3. The van der Waals surface area contributed by atoms with E-state index in [0.29, 0.717) is 11.0 Å². The third kappa shape index (κ3) is 2.81. The average Bonchev–Trinajstić information content (AvgIpc) is 2.38. The van der Waals surface area contributed by atoms with Gasteiger partial charge in [-0.15, -0.1) is 0 Å². The van der Waals surface area contributed by atoms with Crippen molar-refractivity contribution in [3.63, 3.8) is 0 Å². The van der Waals surface area contributed by atoms with E-state index >= 15 is 0 Å². The lowest BCUT2D eigenvalue weighted by Gasteiger charge is -2.36. The van der Waals surface area contributed by atoms with Crippen LogP contribution in [0.15, 0.2) is 18.3 Å². The van der Waals surface area contributed by atoms with Gasteiger partial charge in [0.15, 0.2) is 0 Å². The summed E-state index contributed by atoms with van der Waals surface area (Å²) in [7, 11) is 1.81. The fraction of sp³-hybridized carbons (Fsp3) is 0.571. The van der Waals surface area contributed by atoms with Crippen molar-refractivity contribution < 1.29 is 4.79 Å². The number of amides is 1. The highest BCUT2D eigenvalue weighted by Crippen LogP contribution is 2.30. The van der Waals surface area contributed by atoms with Crippen molar-refractivity contribution in [2.75, 3.05) is 25.5 Å². The summed E-state index contributed by atoms with van der Waals surface area (Å²) < 4.78 is 0. The van der Waals surface area contributed by atoms with E-state index in [0.717, 1.165) is 31.7 Å². The van der Waals surface area contributed by atoms with Crippen LogP contribution in [-0.2, 0) is 0 Å². The molecule has 2 rings (SSSR count). The van der Waals surface area contributed by atoms with Gasteiger partial charge in [-0.2, -0.15) is 0 Å². The van der Waals surface area contributed by atoms with Gasteiger partial charge in [0, 0.05) is 31.9 Å². The number of aromatic nitrogens is 1. The SMILES string of the molecule is CNc1cc(C(=O)N2CCC(C)(C)CC2)ccn1. The summed E-state index contributed by atoms with van der Waals surface area (Å²) in [5, 5.41) is 2.96. The topological polar surface area (TPSA) is 45.2 Å². The molecule has 0 aromatic carbocycles. The molecule has 0 spiro atoms.